The summed E-state index contributed by atoms with van der Waals surface area (Å²) in [5, 5.41) is 0. The van der Waals surface area contributed by atoms with Crippen molar-refractivity contribution in [2.45, 2.75) is 32.2 Å². The lowest BCUT2D eigenvalue weighted by molar-refractivity contribution is 0.0895. The lowest BCUT2D eigenvalue weighted by atomic mass is 9.85. The van der Waals surface area contributed by atoms with Crippen molar-refractivity contribution in [3.05, 3.63) is 89.7 Å². The van der Waals surface area contributed by atoms with Crippen LogP contribution in [0.4, 0.5) is 0 Å². The van der Waals surface area contributed by atoms with E-state index in [1.807, 2.05) is 30.3 Å². The molecule has 2 aromatic carbocycles. The minimum atomic E-state index is 0.109. The van der Waals surface area contributed by atoms with Crippen molar-refractivity contribution in [2.24, 2.45) is 11.8 Å². The van der Waals surface area contributed by atoms with Crippen LogP contribution in [0.15, 0.2) is 73.1 Å². The second kappa shape index (κ2) is 11.8. The maximum atomic E-state index is 12.9. The Morgan fingerprint density at radius 2 is 1.56 bits per heavy atom. The highest BCUT2D eigenvalue weighted by Gasteiger charge is 2.34. The first-order valence-corrected chi connectivity index (χ1v) is 12.1. The Kier molecular flexibility index (Phi) is 8.31. The molecule has 0 radical (unpaired) electrons. The second-order valence-electron chi connectivity index (χ2n) is 9.10. The van der Waals surface area contributed by atoms with E-state index in [1.54, 1.807) is 26.6 Å². The van der Waals surface area contributed by atoms with E-state index in [-0.39, 0.29) is 11.7 Å². The maximum Gasteiger partial charge on any atom is 0.166 e. The van der Waals surface area contributed by atoms with E-state index in [1.165, 1.54) is 18.4 Å². The smallest absolute Gasteiger partial charge is 0.166 e. The van der Waals surface area contributed by atoms with Crippen LogP contribution in [0.25, 0.3) is 0 Å². The number of carbonyl (C=O) groups is 1. The highest BCUT2D eigenvalue weighted by atomic mass is 16.5. The van der Waals surface area contributed by atoms with Crippen LogP contribution in [0.2, 0.25) is 0 Å². The fourth-order valence-corrected chi connectivity index (χ4v) is 5.02. The van der Waals surface area contributed by atoms with Crippen molar-refractivity contribution >= 4 is 5.78 Å². The molecule has 178 valence electrons. The Balaban J connectivity index is 0.000000398. The lowest BCUT2D eigenvalue weighted by Crippen LogP contribution is -2.34. The van der Waals surface area contributed by atoms with Crippen LogP contribution in [-0.2, 0) is 13.0 Å². The molecule has 1 atom stereocenters. The quantitative estimate of drug-likeness (QED) is 0.492. The molecule has 1 aliphatic carbocycles. The van der Waals surface area contributed by atoms with Crippen molar-refractivity contribution in [3.63, 3.8) is 0 Å². The highest BCUT2D eigenvalue weighted by Crippen LogP contribution is 2.39. The van der Waals surface area contributed by atoms with Gasteiger partial charge in [-0.1, -0.05) is 36.4 Å². The van der Waals surface area contributed by atoms with E-state index in [2.05, 4.69) is 40.2 Å². The summed E-state index contributed by atoms with van der Waals surface area (Å²) in [6.45, 7) is 3.27. The average molecular weight is 459 g/mol. The maximum absolute atomic E-state index is 12.9. The van der Waals surface area contributed by atoms with Crippen LogP contribution in [-0.4, -0.2) is 43.0 Å². The van der Waals surface area contributed by atoms with E-state index in [0.29, 0.717) is 17.4 Å². The highest BCUT2D eigenvalue weighted by molar-refractivity contribution is 6.02. The van der Waals surface area contributed by atoms with Gasteiger partial charge in [0.25, 0.3) is 0 Å². The number of nitrogens with zero attached hydrogens (tertiary/aromatic N) is 2. The second-order valence-corrected chi connectivity index (χ2v) is 9.10. The fraction of sp³-hybridized carbons (Fsp3) is 0.379. The molecule has 1 fully saturated rings. The SMILES string of the molecule is COc1cc2c(cc1OC)C(=O)C(CC1CCN(Cc3ccccc3)CC1)C2.c1ccncc1. The van der Waals surface area contributed by atoms with Crippen molar-refractivity contribution in [2.75, 3.05) is 27.3 Å². The van der Waals surface area contributed by atoms with Gasteiger partial charge in [0.1, 0.15) is 0 Å². The van der Waals surface area contributed by atoms with Gasteiger partial charge < -0.3 is 9.47 Å². The molecular weight excluding hydrogens is 424 g/mol. The Labute approximate surface area is 202 Å². The van der Waals surface area contributed by atoms with Crippen LogP contribution in [0.1, 0.15) is 40.7 Å². The molecule has 3 aromatic rings. The Bertz CT molecular complexity index is 1020. The van der Waals surface area contributed by atoms with Gasteiger partial charge in [-0.25, -0.2) is 0 Å². The first kappa shape index (κ1) is 24.0. The van der Waals surface area contributed by atoms with E-state index in [0.717, 1.165) is 43.6 Å². The minimum Gasteiger partial charge on any atom is -0.493 e. The number of piperidine rings is 1. The van der Waals surface area contributed by atoms with Gasteiger partial charge in [0, 0.05) is 30.4 Å². The summed E-state index contributed by atoms with van der Waals surface area (Å²) in [5.74, 6) is 2.38. The first-order chi connectivity index (χ1) is 16.7. The minimum absolute atomic E-state index is 0.109. The largest absolute Gasteiger partial charge is 0.493 e. The van der Waals surface area contributed by atoms with Crippen molar-refractivity contribution < 1.29 is 14.3 Å². The number of rotatable bonds is 6. The van der Waals surface area contributed by atoms with Crippen LogP contribution in [0, 0.1) is 11.8 Å². The van der Waals surface area contributed by atoms with Crippen LogP contribution in [0.3, 0.4) is 0 Å². The molecule has 0 amide bonds. The van der Waals surface area contributed by atoms with Gasteiger partial charge >= 0.3 is 0 Å². The molecule has 5 rings (SSSR count). The normalized spacial score (nSPS) is 18.1. The van der Waals surface area contributed by atoms with Gasteiger partial charge in [-0.2, -0.15) is 0 Å². The third-order valence-electron chi connectivity index (χ3n) is 6.85. The number of aromatic nitrogens is 1. The number of ether oxygens (including phenoxy) is 2. The predicted molar refractivity (Wildman–Crippen MR) is 134 cm³/mol. The monoisotopic (exact) mass is 458 g/mol. The molecule has 5 nitrogen and oxygen atoms in total. The topological polar surface area (TPSA) is 51.7 Å². The summed E-state index contributed by atoms with van der Waals surface area (Å²) in [4.78, 5) is 19.3. The summed E-state index contributed by atoms with van der Waals surface area (Å²) in [5.41, 5.74) is 3.31. The molecule has 34 heavy (non-hydrogen) atoms. The zero-order valence-corrected chi connectivity index (χ0v) is 20.2. The van der Waals surface area contributed by atoms with Crippen molar-refractivity contribution in [1.29, 1.82) is 0 Å². The van der Waals surface area contributed by atoms with Crippen molar-refractivity contribution in [1.82, 2.24) is 9.88 Å². The molecule has 2 heterocycles. The Morgan fingerprint density at radius 1 is 0.912 bits per heavy atom. The number of methoxy groups -OCH3 is 2. The van der Waals surface area contributed by atoms with Gasteiger partial charge in [0.2, 0.25) is 0 Å². The molecule has 1 saturated heterocycles. The molecule has 5 heteroatoms. The first-order valence-electron chi connectivity index (χ1n) is 12.1. The number of carbonyl (C=O) groups excluding carboxylic acids is 1. The van der Waals surface area contributed by atoms with E-state index in [9.17, 15) is 4.79 Å². The van der Waals surface area contributed by atoms with Gasteiger partial charge in [-0.3, -0.25) is 14.7 Å². The lowest BCUT2D eigenvalue weighted by Gasteiger charge is -2.32. The molecule has 0 saturated carbocycles. The van der Waals surface area contributed by atoms with E-state index >= 15 is 0 Å². The van der Waals surface area contributed by atoms with Gasteiger partial charge in [0.15, 0.2) is 17.3 Å². The Hall–Kier alpha value is -3.18. The van der Waals surface area contributed by atoms with E-state index in [4.69, 9.17) is 9.47 Å². The summed E-state index contributed by atoms with van der Waals surface area (Å²) in [7, 11) is 3.26. The van der Waals surface area contributed by atoms with E-state index < -0.39 is 0 Å². The summed E-state index contributed by atoms with van der Waals surface area (Å²) in [6, 6.07) is 20.2. The summed E-state index contributed by atoms with van der Waals surface area (Å²) >= 11 is 0. The van der Waals surface area contributed by atoms with Crippen LogP contribution in [0.5, 0.6) is 11.5 Å². The summed E-state index contributed by atoms with van der Waals surface area (Å²) in [6.07, 6.45) is 7.69. The number of likely N-dealkylation sites (tertiary alicyclic amines) is 1. The van der Waals surface area contributed by atoms with Gasteiger partial charge in [0.05, 0.1) is 14.2 Å². The molecule has 1 unspecified atom stereocenters. The zero-order valence-electron chi connectivity index (χ0n) is 20.2. The Morgan fingerprint density at radius 3 is 2.15 bits per heavy atom. The molecule has 1 aliphatic heterocycles. The van der Waals surface area contributed by atoms with Crippen LogP contribution >= 0.6 is 0 Å². The zero-order chi connectivity index (χ0) is 23.8. The molecule has 0 bridgehead atoms. The average Bonchev–Trinajstić information content (AvgIpc) is 3.20. The molecule has 0 spiro atoms. The molecule has 2 aliphatic rings. The third-order valence-corrected chi connectivity index (χ3v) is 6.85. The molecule has 0 N–H and O–H groups in total. The predicted octanol–water partition coefficient (Wildman–Crippen LogP) is 5.44. The molecular formula is C29H34N2O3. The summed E-state index contributed by atoms with van der Waals surface area (Å²) < 4.78 is 10.8. The number of pyridine rings is 1. The third kappa shape index (κ3) is 6.03. The van der Waals surface area contributed by atoms with Crippen molar-refractivity contribution in [3.8, 4) is 11.5 Å². The van der Waals surface area contributed by atoms with Gasteiger partial charge in [-0.05, 0) is 80.1 Å². The number of hydrogen-bond acceptors (Lipinski definition) is 5. The number of hydrogen-bond donors (Lipinski definition) is 0. The number of fused-ring (bicyclic) bond motifs is 1. The number of ketones is 1. The van der Waals surface area contributed by atoms with Crippen LogP contribution < -0.4 is 9.47 Å². The fourth-order valence-electron chi connectivity index (χ4n) is 5.02. The van der Waals surface area contributed by atoms with Gasteiger partial charge in [-0.15, -0.1) is 0 Å². The standard InChI is InChI=1S/C24H29NO3.C5H5N/c1-27-22-14-19-13-20(24(26)21(19)15-23(22)28-2)12-17-8-10-25(11-9-17)16-18-6-4-3-5-7-18;1-2-4-6-5-3-1/h3-7,14-15,17,20H,8-13,16H2,1-2H3;1-5H. The molecule has 1 aromatic heterocycles. The number of benzene rings is 2. The number of Topliss-reactive ketones (excluding diaryl/α,β-unsaturated/α-hetero) is 1.